The van der Waals surface area contributed by atoms with Crippen LogP contribution in [0.4, 0.5) is 11.4 Å². The smallest absolute Gasteiger partial charge is 0.295 e. The van der Waals surface area contributed by atoms with Gasteiger partial charge in [0.05, 0.1) is 23.3 Å². The quantitative estimate of drug-likeness (QED) is 0.564. The normalized spacial score (nSPS) is 11.4. The molecule has 0 fully saturated rings. The van der Waals surface area contributed by atoms with Crippen LogP contribution in [0.1, 0.15) is 24.1 Å². The number of hydrogen-bond donors (Lipinski definition) is 1. The summed E-state index contributed by atoms with van der Waals surface area (Å²) < 4.78 is 29.1. The van der Waals surface area contributed by atoms with E-state index >= 15 is 0 Å². The van der Waals surface area contributed by atoms with Gasteiger partial charge in [-0.2, -0.15) is 0 Å². The lowest BCUT2D eigenvalue weighted by atomic mass is 10.2. The second-order valence-electron chi connectivity index (χ2n) is 7.71. The molecule has 1 N–H and O–H groups in total. The molecule has 0 aliphatic heterocycles. The zero-order valence-corrected chi connectivity index (χ0v) is 19.5. The van der Waals surface area contributed by atoms with Crippen molar-refractivity contribution in [3.8, 4) is 5.69 Å². The highest BCUT2D eigenvalue weighted by molar-refractivity contribution is 7.92. The summed E-state index contributed by atoms with van der Waals surface area (Å²) in [7, 11) is -1.74. The Bertz CT molecular complexity index is 1280. The van der Waals surface area contributed by atoms with Crippen molar-refractivity contribution in [1.82, 2.24) is 9.36 Å². The molecule has 0 radical (unpaired) electrons. The Morgan fingerprint density at radius 1 is 1.03 bits per heavy atom. The van der Waals surface area contributed by atoms with E-state index in [1.165, 1.54) is 8.99 Å². The van der Waals surface area contributed by atoms with Crippen molar-refractivity contribution in [2.45, 2.75) is 26.7 Å². The van der Waals surface area contributed by atoms with Crippen LogP contribution in [0.3, 0.4) is 0 Å². The Balaban J connectivity index is 1.72. The zero-order chi connectivity index (χ0) is 23.5. The number of nitrogens with one attached hydrogen (secondary N) is 1. The van der Waals surface area contributed by atoms with Crippen LogP contribution in [0.2, 0.25) is 0 Å². The molecule has 0 atom stereocenters. The molecule has 9 heteroatoms. The fourth-order valence-electron chi connectivity index (χ4n) is 3.61. The highest BCUT2D eigenvalue weighted by atomic mass is 32.2. The maximum atomic E-state index is 12.9. The number of para-hydroxylation sites is 2. The summed E-state index contributed by atoms with van der Waals surface area (Å²) in [5.41, 5.74) is 2.67. The lowest BCUT2D eigenvalue weighted by Crippen LogP contribution is -2.32. The van der Waals surface area contributed by atoms with Crippen molar-refractivity contribution in [3.63, 3.8) is 0 Å². The number of carbonyl (C=O) groups is 1. The Morgan fingerprint density at radius 3 is 2.28 bits per heavy atom. The monoisotopic (exact) mass is 456 g/mol. The van der Waals surface area contributed by atoms with Crippen LogP contribution in [-0.4, -0.2) is 36.5 Å². The van der Waals surface area contributed by atoms with E-state index in [1.807, 2.05) is 49.4 Å². The number of sulfonamides is 1. The first kappa shape index (κ1) is 23.3. The third kappa shape index (κ3) is 4.94. The SMILES string of the molecule is Cc1ccccc1N(CCCC(=O)Nc1c(C)n(C)n(-c2ccccc2)c1=O)S(C)(=O)=O. The van der Waals surface area contributed by atoms with Crippen molar-refractivity contribution in [3.05, 3.63) is 76.2 Å². The van der Waals surface area contributed by atoms with Crippen LogP contribution in [-0.2, 0) is 21.9 Å². The van der Waals surface area contributed by atoms with Gasteiger partial charge in [0.1, 0.15) is 5.69 Å². The third-order valence-corrected chi connectivity index (χ3v) is 6.55. The Hall–Kier alpha value is -3.33. The maximum absolute atomic E-state index is 12.9. The van der Waals surface area contributed by atoms with E-state index < -0.39 is 10.0 Å². The third-order valence-electron chi connectivity index (χ3n) is 5.37. The largest absolute Gasteiger partial charge is 0.320 e. The number of aromatic nitrogens is 2. The average molecular weight is 457 g/mol. The van der Waals surface area contributed by atoms with E-state index in [2.05, 4.69) is 5.32 Å². The van der Waals surface area contributed by atoms with E-state index in [0.29, 0.717) is 23.5 Å². The Labute approximate surface area is 188 Å². The molecule has 8 nitrogen and oxygen atoms in total. The van der Waals surface area contributed by atoms with Crippen molar-refractivity contribution in [1.29, 1.82) is 0 Å². The molecule has 0 unspecified atom stereocenters. The number of amides is 1. The summed E-state index contributed by atoms with van der Waals surface area (Å²) in [6.45, 7) is 3.77. The van der Waals surface area contributed by atoms with Gasteiger partial charge < -0.3 is 5.32 Å². The zero-order valence-electron chi connectivity index (χ0n) is 18.7. The van der Waals surface area contributed by atoms with Crippen LogP contribution in [0.25, 0.3) is 5.69 Å². The minimum atomic E-state index is -3.50. The van der Waals surface area contributed by atoms with Gasteiger partial charge in [-0.25, -0.2) is 13.1 Å². The van der Waals surface area contributed by atoms with E-state index in [9.17, 15) is 18.0 Å². The van der Waals surface area contributed by atoms with Crippen LogP contribution < -0.4 is 15.2 Å². The van der Waals surface area contributed by atoms with Crippen molar-refractivity contribution in [2.75, 3.05) is 22.4 Å². The number of nitrogens with zero attached hydrogens (tertiary/aromatic N) is 3. The number of hydrogen-bond acceptors (Lipinski definition) is 4. The van der Waals surface area contributed by atoms with Gasteiger partial charge in [0, 0.05) is 20.0 Å². The van der Waals surface area contributed by atoms with Gasteiger partial charge in [0.15, 0.2) is 0 Å². The molecule has 3 rings (SSSR count). The van der Waals surface area contributed by atoms with Crippen molar-refractivity contribution in [2.24, 2.45) is 7.05 Å². The van der Waals surface area contributed by atoms with Crippen LogP contribution in [0.15, 0.2) is 59.4 Å². The second-order valence-corrected chi connectivity index (χ2v) is 9.62. The summed E-state index contributed by atoms with van der Waals surface area (Å²) in [5, 5.41) is 2.71. The molecule has 2 aromatic carbocycles. The second kappa shape index (κ2) is 9.44. The number of carbonyl (C=O) groups excluding carboxylic acids is 1. The van der Waals surface area contributed by atoms with Gasteiger partial charge in [0.25, 0.3) is 5.56 Å². The summed E-state index contributed by atoms with van der Waals surface area (Å²) in [4.78, 5) is 25.5. The first-order valence-corrected chi connectivity index (χ1v) is 12.1. The standard InChI is InChI=1S/C23H28N4O4S/c1-17-11-8-9-14-20(17)26(32(4,30)31)16-10-15-21(28)24-22-18(2)25(3)27(23(22)29)19-12-6-5-7-13-19/h5-9,11-14H,10,15-16H2,1-4H3,(H,24,28). The highest BCUT2D eigenvalue weighted by Crippen LogP contribution is 2.22. The average Bonchev–Trinajstić information content (AvgIpc) is 2.95. The lowest BCUT2D eigenvalue weighted by Gasteiger charge is -2.24. The summed E-state index contributed by atoms with van der Waals surface area (Å²) in [6, 6.07) is 16.4. The van der Waals surface area contributed by atoms with E-state index in [-0.39, 0.29) is 30.1 Å². The van der Waals surface area contributed by atoms with Crippen LogP contribution in [0.5, 0.6) is 0 Å². The molecular weight excluding hydrogens is 428 g/mol. The highest BCUT2D eigenvalue weighted by Gasteiger charge is 2.21. The van der Waals surface area contributed by atoms with Gasteiger partial charge in [-0.3, -0.25) is 18.6 Å². The molecule has 0 aliphatic carbocycles. The van der Waals surface area contributed by atoms with E-state index in [4.69, 9.17) is 0 Å². The fourth-order valence-corrected chi connectivity index (χ4v) is 4.63. The number of benzene rings is 2. The van der Waals surface area contributed by atoms with Gasteiger partial charge in [-0.05, 0) is 44.0 Å². The molecule has 0 saturated carbocycles. The minimum Gasteiger partial charge on any atom is -0.320 e. The predicted octanol–water partition coefficient (Wildman–Crippen LogP) is 2.98. The van der Waals surface area contributed by atoms with Crippen molar-refractivity contribution >= 4 is 27.3 Å². The summed E-state index contributed by atoms with van der Waals surface area (Å²) in [6.07, 6.45) is 1.54. The number of aryl methyl sites for hydroxylation is 1. The van der Waals surface area contributed by atoms with E-state index in [1.54, 1.807) is 30.8 Å². The maximum Gasteiger partial charge on any atom is 0.295 e. The predicted molar refractivity (Wildman–Crippen MR) is 127 cm³/mol. The molecule has 0 aliphatic rings. The topological polar surface area (TPSA) is 93.4 Å². The van der Waals surface area contributed by atoms with Gasteiger partial charge in [0.2, 0.25) is 15.9 Å². The molecule has 0 spiro atoms. The molecule has 1 heterocycles. The Morgan fingerprint density at radius 2 is 1.66 bits per heavy atom. The van der Waals surface area contributed by atoms with Crippen LogP contribution in [0, 0.1) is 13.8 Å². The molecule has 1 aromatic heterocycles. The van der Waals surface area contributed by atoms with Crippen LogP contribution >= 0.6 is 0 Å². The first-order valence-electron chi connectivity index (χ1n) is 10.3. The molecule has 32 heavy (non-hydrogen) atoms. The van der Waals surface area contributed by atoms with E-state index in [0.717, 1.165) is 11.8 Å². The fraction of sp³-hybridized carbons (Fsp3) is 0.304. The molecule has 0 saturated heterocycles. The van der Waals surface area contributed by atoms with Crippen molar-refractivity contribution < 1.29 is 13.2 Å². The molecule has 0 bridgehead atoms. The number of anilines is 2. The lowest BCUT2D eigenvalue weighted by molar-refractivity contribution is -0.116. The Kier molecular flexibility index (Phi) is 6.88. The summed E-state index contributed by atoms with van der Waals surface area (Å²) in [5.74, 6) is -0.339. The molecule has 170 valence electrons. The minimum absolute atomic E-state index is 0.0804. The first-order chi connectivity index (χ1) is 15.1. The molecule has 1 amide bonds. The number of rotatable bonds is 8. The summed E-state index contributed by atoms with van der Waals surface area (Å²) >= 11 is 0. The van der Waals surface area contributed by atoms with Gasteiger partial charge in [-0.15, -0.1) is 0 Å². The molecular formula is C23H28N4O4S. The van der Waals surface area contributed by atoms with Gasteiger partial charge in [-0.1, -0.05) is 36.4 Å². The molecule has 3 aromatic rings. The van der Waals surface area contributed by atoms with Gasteiger partial charge >= 0.3 is 0 Å².